The molecule has 57 heavy (non-hydrogen) atoms. The predicted molar refractivity (Wildman–Crippen MR) is 236 cm³/mol. The van der Waals surface area contributed by atoms with Crippen LogP contribution < -0.4 is 10.9 Å². The number of rotatable bonds is 6. The van der Waals surface area contributed by atoms with Gasteiger partial charge in [0.15, 0.2) is 0 Å². The van der Waals surface area contributed by atoms with Crippen LogP contribution in [0.4, 0.5) is 0 Å². The summed E-state index contributed by atoms with van der Waals surface area (Å²) in [5, 5.41) is 0. The summed E-state index contributed by atoms with van der Waals surface area (Å²) in [4.78, 5) is 0. The van der Waals surface area contributed by atoms with Gasteiger partial charge in [-0.1, -0.05) is 132 Å². The first-order valence-corrected chi connectivity index (χ1v) is 20.3. The Balaban J connectivity index is 1.35. The Bertz CT molecular complexity index is 2340. The van der Waals surface area contributed by atoms with E-state index in [0.717, 1.165) is 10.9 Å². The average molecular weight is 751 g/mol. The first kappa shape index (κ1) is 37.8. The molecular formula is C51H52B2O4. The van der Waals surface area contributed by atoms with Crippen LogP contribution in [0.1, 0.15) is 88.8 Å². The third-order valence-corrected chi connectivity index (χ3v) is 13.5. The van der Waals surface area contributed by atoms with E-state index in [-0.39, 0.29) is 0 Å². The fourth-order valence-corrected chi connectivity index (χ4v) is 8.91. The molecule has 0 spiro atoms. The molecule has 6 heteroatoms. The molecular weight excluding hydrogens is 698 g/mol. The van der Waals surface area contributed by atoms with E-state index < -0.39 is 42.1 Å². The van der Waals surface area contributed by atoms with Crippen molar-refractivity contribution in [2.45, 2.75) is 97.1 Å². The Hall–Kier alpha value is -4.71. The van der Waals surface area contributed by atoms with Crippen molar-refractivity contribution in [1.29, 1.82) is 0 Å². The van der Waals surface area contributed by atoms with Crippen LogP contribution >= 0.6 is 0 Å². The molecule has 0 atom stereocenters. The molecule has 2 aliphatic heterocycles. The molecule has 0 radical (unpaired) electrons. The molecule has 2 saturated heterocycles. The van der Waals surface area contributed by atoms with E-state index >= 15 is 0 Å². The fourth-order valence-electron chi connectivity index (χ4n) is 8.91. The highest BCUT2D eigenvalue weighted by Crippen LogP contribution is 2.57. The van der Waals surface area contributed by atoms with E-state index in [1.807, 2.05) is 0 Å². The Morgan fingerprint density at radius 1 is 0.368 bits per heavy atom. The van der Waals surface area contributed by atoms with Crippen molar-refractivity contribution in [3.8, 4) is 33.4 Å². The lowest BCUT2D eigenvalue weighted by Crippen LogP contribution is -2.41. The van der Waals surface area contributed by atoms with E-state index in [2.05, 4.69) is 203 Å². The highest BCUT2D eigenvalue weighted by Gasteiger charge is 2.55. The molecule has 9 rings (SSSR count). The van der Waals surface area contributed by atoms with Crippen LogP contribution in [0, 0.1) is 13.8 Å². The molecule has 6 aromatic carbocycles. The summed E-state index contributed by atoms with van der Waals surface area (Å²) >= 11 is 0. The predicted octanol–water partition coefficient (Wildman–Crippen LogP) is 10.6. The van der Waals surface area contributed by atoms with E-state index in [1.165, 1.54) is 66.8 Å². The van der Waals surface area contributed by atoms with E-state index in [0.29, 0.717) is 0 Å². The van der Waals surface area contributed by atoms with Crippen molar-refractivity contribution in [1.82, 2.24) is 0 Å². The molecule has 3 aliphatic rings. The fraction of sp³-hybridized carbons (Fsp3) is 0.294. The second-order valence-corrected chi connectivity index (χ2v) is 18.4. The minimum Gasteiger partial charge on any atom is -0.399 e. The van der Waals surface area contributed by atoms with Crippen LogP contribution in [0.5, 0.6) is 0 Å². The van der Waals surface area contributed by atoms with Crippen LogP contribution in [-0.4, -0.2) is 36.6 Å². The number of hydrogen-bond donors (Lipinski definition) is 0. The second kappa shape index (κ2) is 13.2. The maximum absolute atomic E-state index is 6.71. The van der Waals surface area contributed by atoms with Crippen molar-refractivity contribution >= 4 is 25.2 Å². The number of aryl methyl sites for hydroxylation is 2. The Morgan fingerprint density at radius 2 is 0.702 bits per heavy atom. The highest BCUT2D eigenvalue weighted by molar-refractivity contribution is 6.62. The van der Waals surface area contributed by atoms with Gasteiger partial charge in [-0.25, -0.2) is 0 Å². The van der Waals surface area contributed by atoms with Gasteiger partial charge in [0.25, 0.3) is 0 Å². The van der Waals surface area contributed by atoms with Gasteiger partial charge >= 0.3 is 14.2 Å². The number of benzene rings is 6. The molecule has 0 bridgehead atoms. The van der Waals surface area contributed by atoms with Gasteiger partial charge < -0.3 is 18.6 Å². The quantitative estimate of drug-likeness (QED) is 0.159. The first-order chi connectivity index (χ1) is 27.0. The molecule has 6 aromatic rings. The van der Waals surface area contributed by atoms with Crippen molar-refractivity contribution in [3.05, 3.63) is 167 Å². The van der Waals surface area contributed by atoms with Gasteiger partial charge in [-0.05, 0) is 148 Å². The van der Waals surface area contributed by atoms with Crippen LogP contribution in [-0.2, 0) is 24.0 Å². The van der Waals surface area contributed by atoms with E-state index in [9.17, 15) is 0 Å². The lowest BCUT2D eigenvalue weighted by Gasteiger charge is -2.35. The van der Waals surface area contributed by atoms with Crippen molar-refractivity contribution in [2.24, 2.45) is 0 Å². The third kappa shape index (κ3) is 6.07. The maximum Gasteiger partial charge on any atom is 0.494 e. The van der Waals surface area contributed by atoms with Crippen LogP contribution in [0.15, 0.2) is 133 Å². The molecule has 2 heterocycles. The SMILES string of the molecule is Cc1cccc(-c2cccc(C3(c4cccc(-c5cccc(C)c5)c4)c4cc(B5OC(C)(C)C(C)(C)O5)ccc4-c4ccc(B5OC(C)(C)C(C)(C)O5)cc43)c2)c1. The van der Waals surface area contributed by atoms with Gasteiger partial charge in [-0.2, -0.15) is 0 Å². The van der Waals surface area contributed by atoms with E-state index in [4.69, 9.17) is 18.6 Å². The minimum atomic E-state index is -0.733. The lowest BCUT2D eigenvalue weighted by atomic mass is 9.64. The van der Waals surface area contributed by atoms with Crippen LogP contribution in [0.25, 0.3) is 33.4 Å². The van der Waals surface area contributed by atoms with Gasteiger partial charge in [0.2, 0.25) is 0 Å². The molecule has 0 unspecified atom stereocenters. The average Bonchev–Trinajstić information content (AvgIpc) is 3.69. The summed E-state index contributed by atoms with van der Waals surface area (Å²) < 4.78 is 26.9. The summed E-state index contributed by atoms with van der Waals surface area (Å²) in [6.07, 6.45) is 0. The van der Waals surface area contributed by atoms with Crippen molar-refractivity contribution in [2.75, 3.05) is 0 Å². The highest BCUT2D eigenvalue weighted by atomic mass is 16.7. The van der Waals surface area contributed by atoms with E-state index in [1.54, 1.807) is 0 Å². The Morgan fingerprint density at radius 3 is 1.05 bits per heavy atom. The standard InChI is InChI=1S/C51H52B2O4/c1-33-15-11-17-35(27-33)37-19-13-21-39(29-37)51(40-22-14-20-38(30-40)36-18-12-16-34(2)28-36)45-31-41(52-54-47(3,4)48(5,6)55-52)23-25-43(45)44-26-24-42(32-46(44)51)53-56-49(7,8)50(9,10)57-53/h11-32H,1-10H3. The molecule has 0 N–H and O–H groups in total. The summed E-state index contributed by atoms with van der Waals surface area (Å²) in [5.74, 6) is 0. The summed E-state index contributed by atoms with van der Waals surface area (Å²) in [7, 11) is -1.03. The minimum absolute atomic E-state index is 0.473. The number of fused-ring (bicyclic) bond motifs is 3. The van der Waals surface area contributed by atoms with Crippen LogP contribution in [0.2, 0.25) is 0 Å². The number of hydrogen-bond acceptors (Lipinski definition) is 4. The van der Waals surface area contributed by atoms with Crippen LogP contribution in [0.3, 0.4) is 0 Å². The zero-order chi connectivity index (χ0) is 40.1. The molecule has 2 fully saturated rings. The molecule has 286 valence electrons. The van der Waals surface area contributed by atoms with Gasteiger partial charge in [-0.3, -0.25) is 0 Å². The Labute approximate surface area is 339 Å². The molecule has 0 aromatic heterocycles. The summed E-state index contributed by atoms with van der Waals surface area (Å²) in [6.45, 7) is 21.2. The largest absolute Gasteiger partial charge is 0.494 e. The summed E-state index contributed by atoms with van der Waals surface area (Å²) in [6, 6.07) is 49.5. The van der Waals surface area contributed by atoms with Gasteiger partial charge in [0, 0.05) is 0 Å². The molecule has 0 amide bonds. The third-order valence-electron chi connectivity index (χ3n) is 13.5. The topological polar surface area (TPSA) is 36.9 Å². The maximum atomic E-state index is 6.71. The lowest BCUT2D eigenvalue weighted by molar-refractivity contribution is 0.00578. The van der Waals surface area contributed by atoms with Crippen molar-refractivity contribution < 1.29 is 18.6 Å². The van der Waals surface area contributed by atoms with Gasteiger partial charge in [0.05, 0.1) is 27.8 Å². The van der Waals surface area contributed by atoms with Gasteiger partial charge in [-0.15, -0.1) is 0 Å². The molecule has 0 saturated carbocycles. The monoisotopic (exact) mass is 750 g/mol. The first-order valence-electron chi connectivity index (χ1n) is 20.3. The normalized spacial score (nSPS) is 19.4. The van der Waals surface area contributed by atoms with Crippen molar-refractivity contribution in [3.63, 3.8) is 0 Å². The zero-order valence-corrected chi connectivity index (χ0v) is 35.0. The summed E-state index contributed by atoms with van der Waals surface area (Å²) in [5.41, 5.74) is 13.7. The Kier molecular flexibility index (Phi) is 8.74. The molecule has 1 aliphatic carbocycles. The molecule has 4 nitrogen and oxygen atoms in total. The zero-order valence-electron chi connectivity index (χ0n) is 35.0. The van der Waals surface area contributed by atoms with Gasteiger partial charge in [0.1, 0.15) is 0 Å². The smallest absolute Gasteiger partial charge is 0.399 e. The second-order valence-electron chi connectivity index (χ2n) is 18.4.